The first-order valence-corrected chi connectivity index (χ1v) is 7.21. The van der Waals surface area contributed by atoms with Gasteiger partial charge in [0.2, 0.25) is 0 Å². The van der Waals surface area contributed by atoms with Crippen LogP contribution in [-0.2, 0) is 0 Å². The van der Waals surface area contributed by atoms with E-state index in [1.165, 1.54) is 6.07 Å². The topological polar surface area (TPSA) is 52.6 Å². The molecular weight excluding hydrogens is 278 g/mol. The van der Waals surface area contributed by atoms with Gasteiger partial charge in [0.15, 0.2) is 11.6 Å². The first-order valence-electron chi connectivity index (χ1n) is 7.21. The van der Waals surface area contributed by atoms with Crippen molar-refractivity contribution < 1.29 is 18.7 Å². The number of rotatable bonds is 5. The summed E-state index contributed by atoms with van der Waals surface area (Å²) in [6.45, 7) is 5.23. The Balaban J connectivity index is 2.07. The minimum absolute atomic E-state index is 0.152. The molecule has 116 valence electrons. The summed E-state index contributed by atoms with van der Waals surface area (Å²) in [7, 11) is 0. The van der Waals surface area contributed by atoms with Gasteiger partial charge in [-0.25, -0.2) is 13.6 Å². The molecule has 1 fully saturated rings. The second kappa shape index (κ2) is 6.85. The average Bonchev–Trinajstić information content (AvgIpc) is 2.48. The Labute approximate surface area is 122 Å². The number of carboxylic acid groups (broad SMARTS) is 1. The summed E-state index contributed by atoms with van der Waals surface area (Å²) in [4.78, 5) is 12.6. The number of aromatic carboxylic acids is 1. The summed E-state index contributed by atoms with van der Waals surface area (Å²) < 4.78 is 27.7. The summed E-state index contributed by atoms with van der Waals surface area (Å²) in [6.07, 6.45) is 1.82. The van der Waals surface area contributed by atoms with E-state index < -0.39 is 23.2 Å². The lowest BCUT2D eigenvalue weighted by Crippen LogP contribution is -2.37. The van der Waals surface area contributed by atoms with E-state index in [1.54, 1.807) is 4.90 Å². The number of hydrogen-bond acceptors (Lipinski definition) is 3. The zero-order valence-corrected chi connectivity index (χ0v) is 12.0. The van der Waals surface area contributed by atoms with Crippen LogP contribution in [0.15, 0.2) is 12.1 Å². The van der Waals surface area contributed by atoms with Crippen LogP contribution < -0.4 is 10.2 Å². The van der Waals surface area contributed by atoms with Gasteiger partial charge < -0.3 is 15.3 Å². The van der Waals surface area contributed by atoms with Crippen molar-refractivity contribution in [2.75, 3.05) is 31.1 Å². The van der Waals surface area contributed by atoms with Crippen LogP contribution in [0.3, 0.4) is 0 Å². The molecule has 1 saturated heterocycles. The highest BCUT2D eigenvalue weighted by atomic mass is 19.2. The Morgan fingerprint density at radius 3 is 2.57 bits per heavy atom. The second-order valence-electron chi connectivity index (χ2n) is 5.30. The summed E-state index contributed by atoms with van der Waals surface area (Å²) in [5.74, 6) is -3.26. The summed E-state index contributed by atoms with van der Waals surface area (Å²) in [5, 5.41) is 12.1. The van der Waals surface area contributed by atoms with Crippen molar-refractivity contribution in [1.82, 2.24) is 5.32 Å². The quantitative estimate of drug-likeness (QED) is 0.877. The van der Waals surface area contributed by atoms with Crippen molar-refractivity contribution >= 4 is 11.7 Å². The predicted molar refractivity (Wildman–Crippen MR) is 76.8 cm³/mol. The van der Waals surface area contributed by atoms with E-state index in [1.807, 2.05) is 0 Å². The van der Waals surface area contributed by atoms with E-state index in [-0.39, 0.29) is 5.69 Å². The van der Waals surface area contributed by atoms with E-state index >= 15 is 0 Å². The fraction of sp³-hybridized carbons (Fsp3) is 0.533. The Hall–Kier alpha value is -1.69. The van der Waals surface area contributed by atoms with Gasteiger partial charge in [-0.3, -0.25) is 0 Å². The van der Waals surface area contributed by atoms with Gasteiger partial charge in [0.05, 0.1) is 11.3 Å². The van der Waals surface area contributed by atoms with Crippen molar-refractivity contribution in [2.45, 2.75) is 19.8 Å². The summed E-state index contributed by atoms with van der Waals surface area (Å²) >= 11 is 0. The third kappa shape index (κ3) is 3.50. The number of anilines is 1. The number of halogens is 2. The van der Waals surface area contributed by atoms with Crippen molar-refractivity contribution in [2.24, 2.45) is 5.92 Å². The van der Waals surface area contributed by atoms with Gasteiger partial charge in [-0.2, -0.15) is 0 Å². The molecule has 1 aliphatic heterocycles. The standard InChI is InChI=1S/C15H20F2N2O2/c1-2-18-9-10-5-7-19(8-6-10)12-4-3-11(15(20)21)13(16)14(12)17/h3-4,10,18H,2,5-9H2,1H3,(H,20,21). The molecule has 1 heterocycles. The van der Waals surface area contributed by atoms with Crippen LogP contribution in [0.1, 0.15) is 30.1 Å². The van der Waals surface area contributed by atoms with Gasteiger partial charge in [-0.1, -0.05) is 6.92 Å². The van der Waals surface area contributed by atoms with Crippen molar-refractivity contribution in [1.29, 1.82) is 0 Å². The number of hydrogen-bond donors (Lipinski definition) is 2. The van der Waals surface area contributed by atoms with E-state index in [0.717, 1.165) is 32.0 Å². The van der Waals surface area contributed by atoms with Crippen LogP contribution in [0.5, 0.6) is 0 Å². The van der Waals surface area contributed by atoms with Crippen LogP contribution in [-0.4, -0.2) is 37.3 Å². The third-order valence-corrected chi connectivity index (χ3v) is 3.93. The molecule has 0 radical (unpaired) electrons. The van der Waals surface area contributed by atoms with Crippen molar-refractivity contribution in [3.8, 4) is 0 Å². The smallest absolute Gasteiger partial charge is 0.338 e. The van der Waals surface area contributed by atoms with Gasteiger partial charge >= 0.3 is 5.97 Å². The SMILES string of the molecule is CCNCC1CCN(c2ccc(C(=O)O)c(F)c2F)CC1. The van der Waals surface area contributed by atoms with Crippen molar-refractivity contribution in [3.63, 3.8) is 0 Å². The van der Waals surface area contributed by atoms with E-state index in [2.05, 4.69) is 12.2 Å². The minimum atomic E-state index is -1.46. The van der Waals surface area contributed by atoms with Gasteiger partial charge in [0.1, 0.15) is 0 Å². The van der Waals surface area contributed by atoms with E-state index in [4.69, 9.17) is 5.11 Å². The lowest BCUT2D eigenvalue weighted by Gasteiger charge is -2.34. The lowest BCUT2D eigenvalue weighted by molar-refractivity contribution is 0.0690. The van der Waals surface area contributed by atoms with Gasteiger partial charge in [-0.05, 0) is 44.0 Å². The maximum absolute atomic E-state index is 14.0. The van der Waals surface area contributed by atoms with Crippen LogP contribution >= 0.6 is 0 Å². The first-order chi connectivity index (χ1) is 10.0. The molecule has 0 unspecified atom stereocenters. The molecule has 21 heavy (non-hydrogen) atoms. The Kier molecular flexibility index (Phi) is 5.12. The van der Waals surface area contributed by atoms with E-state index in [9.17, 15) is 13.6 Å². The normalized spacial score (nSPS) is 16.2. The highest BCUT2D eigenvalue weighted by Crippen LogP contribution is 2.28. The van der Waals surface area contributed by atoms with E-state index in [0.29, 0.717) is 19.0 Å². The summed E-state index contributed by atoms with van der Waals surface area (Å²) in [6, 6.07) is 2.48. The van der Waals surface area contributed by atoms with Crippen LogP contribution in [0.4, 0.5) is 14.5 Å². The van der Waals surface area contributed by atoms with Crippen LogP contribution in [0.25, 0.3) is 0 Å². The molecule has 0 amide bonds. The van der Waals surface area contributed by atoms with Gasteiger partial charge in [0.25, 0.3) is 0 Å². The summed E-state index contributed by atoms with van der Waals surface area (Å²) in [5.41, 5.74) is -0.474. The average molecular weight is 298 g/mol. The molecule has 1 aromatic carbocycles. The van der Waals surface area contributed by atoms with Crippen LogP contribution in [0, 0.1) is 17.6 Å². The molecule has 0 aromatic heterocycles. The number of benzene rings is 1. The maximum Gasteiger partial charge on any atom is 0.338 e. The Morgan fingerprint density at radius 2 is 2.00 bits per heavy atom. The molecule has 0 aliphatic carbocycles. The highest BCUT2D eigenvalue weighted by Gasteiger charge is 2.24. The molecule has 0 saturated carbocycles. The number of nitrogens with one attached hydrogen (secondary N) is 1. The molecule has 6 heteroatoms. The Bertz CT molecular complexity index is 515. The molecule has 4 nitrogen and oxygen atoms in total. The largest absolute Gasteiger partial charge is 0.478 e. The monoisotopic (exact) mass is 298 g/mol. The maximum atomic E-state index is 14.0. The molecular formula is C15H20F2N2O2. The van der Waals surface area contributed by atoms with Gasteiger partial charge in [0, 0.05) is 13.1 Å². The first kappa shape index (κ1) is 15.7. The number of nitrogens with zero attached hydrogens (tertiary/aromatic N) is 1. The number of piperidine rings is 1. The minimum Gasteiger partial charge on any atom is -0.478 e. The molecule has 2 N–H and O–H groups in total. The third-order valence-electron chi connectivity index (χ3n) is 3.93. The molecule has 1 aromatic rings. The van der Waals surface area contributed by atoms with Crippen molar-refractivity contribution in [3.05, 3.63) is 29.3 Å². The van der Waals surface area contributed by atoms with Gasteiger partial charge in [-0.15, -0.1) is 0 Å². The zero-order valence-electron chi connectivity index (χ0n) is 12.0. The second-order valence-corrected chi connectivity index (χ2v) is 5.30. The fourth-order valence-corrected chi connectivity index (χ4v) is 2.68. The molecule has 2 rings (SSSR count). The fourth-order valence-electron chi connectivity index (χ4n) is 2.68. The highest BCUT2D eigenvalue weighted by molar-refractivity contribution is 5.88. The number of carboxylic acids is 1. The molecule has 0 atom stereocenters. The molecule has 0 spiro atoms. The number of carbonyl (C=O) groups is 1. The molecule has 1 aliphatic rings. The zero-order chi connectivity index (χ0) is 15.4. The Morgan fingerprint density at radius 1 is 1.33 bits per heavy atom. The predicted octanol–water partition coefficient (Wildman–Crippen LogP) is 2.49. The lowest BCUT2D eigenvalue weighted by atomic mass is 9.96. The van der Waals surface area contributed by atoms with Crippen LogP contribution in [0.2, 0.25) is 0 Å². The molecule has 0 bridgehead atoms.